The van der Waals surface area contributed by atoms with Gasteiger partial charge in [0.2, 0.25) is 0 Å². The van der Waals surface area contributed by atoms with Gasteiger partial charge in [-0.1, -0.05) is 103 Å². The van der Waals surface area contributed by atoms with E-state index in [1.165, 1.54) is 11.8 Å². The first kappa shape index (κ1) is 19.4. The van der Waals surface area contributed by atoms with Gasteiger partial charge in [0.1, 0.15) is 10.00 Å². The minimum Gasteiger partial charge on any atom is -0.505 e. The molecular weight excluding hydrogens is 432 g/mol. The molecule has 1 atom stereocenters. The van der Waals surface area contributed by atoms with E-state index < -0.39 is 10.8 Å². The summed E-state index contributed by atoms with van der Waals surface area (Å²) < 4.78 is 14.4. The van der Waals surface area contributed by atoms with Gasteiger partial charge in [-0.05, 0) is 33.7 Å². The highest BCUT2D eigenvalue weighted by Gasteiger charge is 2.29. The molecule has 32 heavy (non-hydrogen) atoms. The Morgan fingerprint density at radius 3 is 1.97 bits per heavy atom. The third-order valence-corrected chi connectivity index (χ3v) is 8.76. The summed E-state index contributed by atoms with van der Waals surface area (Å²) >= 11 is 1.40. The Balaban J connectivity index is 1.76. The summed E-state index contributed by atoms with van der Waals surface area (Å²) in [6, 6.07) is 34.0. The number of hydrogen-bond acceptors (Lipinski definition) is 3. The van der Waals surface area contributed by atoms with E-state index in [4.69, 9.17) is 0 Å². The zero-order valence-electron chi connectivity index (χ0n) is 17.0. The molecule has 0 spiro atoms. The Morgan fingerprint density at radius 1 is 0.656 bits per heavy atom. The van der Waals surface area contributed by atoms with Crippen LogP contribution in [0.3, 0.4) is 0 Å². The largest absolute Gasteiger partial charge is 0.505 e. The molecule has 154 valence electrons. The highest BCUT2D eigenvalue weighted by molar-refractivity contribution is 8.17. The molecule has 0 amide bonds. The van der Waals surface area contributed by atoms with Gasteiger partial charge in [0, 0.05) is 21.6 Å². The molecule has 0 aromatic heterocycles. The van der Waals surface area contributed by atoms with Gasteiger partial charge in [-0.25, -0.2) is 4.21 Å². The Morgan fingerprint density at radius 2 is 1.25 bits per heavy atom. The molecule has 2 nitrogen and oxygen atoms in total. The number of benzene rings is 5. The van der Waals surface area contributed by atoms with E-state index in [1.807, 2.05) is 66.7 Å². The third kappa shape index (κ3) is 2.99. The average molecular weight is 451 g/mol. The maximum atomic E-state index is 14.0. The zero-order chi connectivity index (χ0) is 21.7. The molecule has 0 aliphatic carbocycles. The predicted octanol–water partition coefficient (Wildman–Crippen LogP) is 7.76. The molecule has 1 aliphatic rings. The molecule has 0 radical (unpaired) electrons. The minimum absolute atomic E-state index is 0.0639. The molecular formula is C28H18O2S2. The summed E-state index contributed by atoms with van der Waals surface area (Å²) in [5, 5.41) is 15.6. The Kier molecular flexibility index (Phi) is 4.63. The average Bonchev–Trinajstić information content (AvgIpc) is 2.99. The fourth-order valence-electron chi connectivity index (χ4n) is 4.35. The quantitative estimate of drug-likeness (QED) is 0.265. The van der Waals surface area contributed by atoms with Gasteiger partial charge in [-0.3, -0.25) is 0 Å². The van der Waals surface area contributed by atoms with Gasteiger partial charge in [0.25, 0.3) is 0 Å². The van der Waals surface area contributed by atoms with Crippen molar-refractivity contribution in [1.82, 2.24) is 0 Å². The van der Waals surface area contributed by atoms with E-state index >= 15 is 0 Å². The highest BCUT2D eigenvalue weighted by Crippen LogP contribution is 2.51. The van der Waals surface area contributed by atoms with Crippen molar-refractivity contribution in [3.63, 3.8) is 0 Å². The number of aliphatic hydroxyl groups excluding tert-OH is 1. The summed E-state index contributed by atoms with van der Waals surface area (Å²) in [5.74, 6) is 0.0639. The van der Waals surface area contributed by atoms with Crippen molar-refractivity contribution in [2.24, 2.45) is 0 Å². The van der Waals surface area contributed by atoms with Gasteiger partial charge in [-0.15, -0.1) is 0 Å². The van der Waals surface area contributed by atoms with Crippen molar-refractivity contribution in [2.75, 3.05) is 0 Å². The monoisotopic (exact) mass is 450 g/mol. The lowest BCUT2D eigenvalue weighted by molar-refractivity contribution is 0.512. The zero-order valence-corrected chi connectivity index (χ0v) is 18.6. The van der Waals surface area contributed by atoms with Gasteiger partial charge in [0.15, 0.2) is 0 Å². The highest BCUT2D eigenvalue weighted by atomic mass is 32.2. The molecule has 5 aromatic carbocycles. The first-order valence-corrected chi connectivity index (χ1v) is 12.3. The standard InChI is InChI=1S/C28H18O2S2/c29-27(20-10-2-1-3-11-20)28-31-23-16-14-18-8-4-6-12-21(18)25(23)26-22-13-7-5-9-19(22)15-17-24(26)32(28)30/h1-17,29H/b28-27-. The van der Waals surface area contributed by atoms with Crippen LogP contribution in [0.25, 0.3) is 38.4 Å². The van der Waals surface area contributed by atoms with E-state index in [1.54, 1.807) is 0 Å². The van der Waals surface area contributed by atoms with Crippen molar-refractivity contribution >= 4 is 49.9 Å². The van der Waals surface area contributed by atoms with Crippen LogP contribution in [0.5, 0.6) is 0 Å². The second kappa shape index (κ2) is 7.66. The lowest BCUT2D eigenvalue weighted by Gasteiger charge is -2.14. The SMILES string of the molecule is O=S1/C(=C(\O)c2ccccc2)Sc2ccc3ccccc3c2-c2c1ccc1ccccc21. The van der Waals surface area contributed by atoms with Crippen LogP contribution in [0.1, 0.15) is 5.56 Å². The van der Waals surface area contributed by atoms with Crippen LogP contribution in [0.2, 0.25) is 0 Å². The van der Waals surface area contributed by atoms with Gasteiger partial charge in [0.05, 0.1) is 15.7 Å². The molecule has 5 aromatic rings. The van der Waals surface area contributed by atoms with Gasteiger partial charge >= 0.3 is 0 Å². The van der Waals surface area contributed by atoms with Crippen LogP contribution < -0.4 is 0 Å². The third-order valence-electron chi connectivity index (χ3n) is 5.84. The lowest BCUT2D eigenvalue weighted by atomic mass is 9.94. The van der Waals surface area contributed by atoms with Crippen LogP contribution in [-0.2, 0) is 10.8 Å². The summed E-state index contributed by atoms with van der Waals surface area (Å²) in [4.78, 5) is 1.72. The van der Waals surface area contributed by atoms with Gasteiger partial charge in [-0.2, -0.15) is 0 Å². The van der Waals surface area contributed by atoms with Crippen molar-refractivity contribution < 1.29 is 9.32 Å². The molecule has 1 heterocycles. The van der Waals surface area contributed by atoms with E-state index in [0.29, 0.717) is 9.80 Å². The molecule has 0 saturated heterocycles. The first-order chi connectivity index (χ1) is 15.7. The summed E-state index contributed by atoms with van der Waals surface area (Å²) in [5.41, 5.74) is 2.72. The van der Waals surface area contributed by atoms with Crippen molar-refractivity contribution in [1.29, 1.82) is 0 Å². The van der Waals surface area contributed by atoms with Crippen molar-refractivity contribution in [2.45, 2.75) is 9.79 Å². The number of fused-ring (bicyclic) bond motifs is 7. The maximum Gasteiger partial charge on any atom is 0.146 e. The Labute approximate surface area is 192 Å². The second-order valence-corrected chi connectivity index (χ2v) is 10.4. The summed E-state index contributed by atoms with van der Waals surface area (Å²) in [6.07, 6.45) is 0. The van der Waals surface area contributed by atoms with Crippen molar-refractivity contribution in [3.8, 4) is 11.1 Å². The summed E-state index contributed by atoms with van der Waals surface area (Å²) in [6.45, 7) is 0. The van der Waals surface area contributed by atoms with E-state index in [0.717, 1.165) is 42.5 Å². The molecule has 0 bridgehead atoms. The van der Waals surface area contributed by atoms with Crippen LogP contribution in [0.4, 0.5) is 0 Å². The number of aliphatic hydroxyl groups is 1. The predicted molar refractivity (Wildman–Crippen MR) is 135 cm³/mol. The fraction of sp³-hybridized carbons (Fsp3) is 0. The lowest BCUT2D eigenvalue weighted by Crippen LogP contribution is -1.98. The molecule has 1 aliphatic heterocycles. The van der Waals surface area contributed by atoms with Crippen LogP contribution in [-0.4, -0.2) is 9.32 Å². The Hall–Kier alpha value is -3.34. The first-order valence-electron chi connectivity index (χ1n) is 10.3. The topological polar surface area (TPSA) is 37.3 Å². The van der Waals surface area contributed by atoms with E-state index in [2.05, 4.69) is 36.4 Å². The fourth-order valence-corrected chi connectivity index (χ4v) is 7.13. The smallest absolute Gasteiger partial charge is 0.146 e. The molecule has 6 rings (SSSR count). The van der Waals surface area contributed by atoms with Crippen molar-refractivity contribution in [3.05, 3.63) is 113 Å². The molecule has 4 heteroatoms. The number of hydrogen-bond donors (Lipinski definition) is 1. The number of rotatable bonds is 1. The van der Waals surface area contributed by atoms with E-state index in [-0.39, 0.29) is 5.76 Å². The Bertz CT molecular complexity index is 1570. The molecule has 0 saturated carbocycles. The van der Waals surface area contributed by atoms with E-state index in [9.17, 15) is 9.32 Å². The molecule has 0 fully saturated rings. The van der Waals surface area contributed by atoms with Crippen LogP contribution >= 0.6 is 11.8 Å². The van der Waals surface area contributed by atoms with Crippen LogP contribution in [0, 0.1) is 0 Å². The number of thioether (sulfide) groups is 1. The second-order valence-electron chi connectivity index (χ2n) is 7.69. The minimum atomic E-state index is -1.53. The molecule has 1 N–H and O–H groups in total. The molecule has 1 unspecified atom stereocenters. The maximum absolute atomic E-state index is 14.0. The summed E-state index contributed by atoms with van der Waals surface area (Å²) in [7, 11) is -1.53. The normalized spacial score (nSPS) is 16.9. The van der Waals surface area contributed by atoms with Gasteiger partial charge < -0.3 is 5.11 Å². The van der Waals surface area contributed by atoms with Crippen LogP contribution in [0.15, 0.2) is 117 Å².